The molecule has 4 rings (SSSR count). The smallest absolute Gasteiger partial charge is 0.303 e. The summed E-state index contributed by atoms with van der Waals surface area (Å²) >= 11 is 0. The lowest BCUT2D eigenvalue weighted by Crippen LogP contribution is -2.38. The van der Waals surface area contributed by atoms with Gasteiger partial charge in [0.25, 0.3) is 0 Å². The van der Waals surface area contributed by atoms with Crippen molar-refractivity contribution < 1.29 is 18.0 Å². The van der Waals surface area contributed by atoms with E-state index in [4.69, 9.17) is 0 Å². The van der Waals surface area contributed by atoms with E-state index in [2.05, 4.69) is 25.5 Å². The van der Waals surface area contributed by atoms with Gasteiger partial charge in [0.05, 0.1) is 6.42 Å². The maximum absolute atomic E-state index is 12.7. The summed E-state index contributed by atoms with van der Waals surface area (Å²) in [7, 11) is 1.73. The first-order valence-electron chi connectivity index (χ1n) is 10.1. The predicted octanol–water partition coefficient (Wildman–Crippen LogP) is 2.60. The number of carbonyl (C=O) groups excluding carboxylic acids is 1. The standard InChI is InChI=1S/C20H22F3N7O/c1-29-19(26-27-28-29)17-9-14-8-16(24-11-15(14)12-25-17)10-18(31)13-2-5-30(6-3-13)7-4-20(21,22)23/h8-9,11-13H,2-7,10H2,1H3. The summed E-state index contributed by atoms with van der Waals surface area (Å²) in [5.41, 5.74) is 1.28. The molecular weight excluding hydrogens is 411 g/mol. The summed E-state index contributed by atoms with van der Waals surface area (Å²) in [6.45, 7) is 1.02. The Morgan fingerprint density at radius 2 is 1.87 bits per heavy atom. The molecule has 0 saturated carbocycles. The molecule has 0 spiro atoms. The fraction of sp³-hybridized carbons (Fsp3) is 0.500. The van der Waals surface area contributed by atoms with Gasteiger partial charge in [0.1, 0.15) is 11.5 Å². The molecule has 0 radical (unpaired) electrons. The highest BCUT2D eigenvalue weighted by atomic mass is 19.4. The van der Waals surface area contributed by atoms with Crippen molar-refractivity contribution in [3.63, 3.8) is 0 Å². The number of likely N-dealkylation sites (tertiary alicyclic amines) is 1. The number of aryl methyl sites for hydroxylation is 1. The van der Waals surface area contributed by atoms with Gasteiger partial charge in [-0.2, -0.15) is 13.2 Å². The number of ketones is 1. The van der Waals surface area contributed by atoms with Gasteiger partial charge in [-0.15, -0.1) is 5.10 Å². The maximum atomic E-state index is 12.7. The first-order chi connectivity index (χ1) is 14.8. The Kier molecular flexibility index (Phi) is 5.94. The molecular formula is C20H22F3N7O. The van der Waals surface area contributed by atoms with Gasteiger partial charge in [-0.3, -0.25) is 14.8 Å². The average molecular weight is 433 g/mol. The van der Waals surface area contributed by atoms with E-state index in [0.29, 0.717) is 43.1 Å². The molecule has 8 nitrogen and oxygen atoms in total. The zero-order valence-corrected chi connectivity index (χ0v) is 17.0. The molecule has 3 aromatic heterocycles. The Bertz CT molecular complexity index is 1070. The van der Waals surface area contributed by atoms with Crippen LogP contribution in [0.4, 0.5) is 13.2 Å². The summed E-state index contributed by atoms with van der Waals surface area (Å²) in [5, 5.41) is 13.1. The van der Waals surface area contributed by atoms with Crippen LogP contribution in [0.15, 0.2) is 24.5 Å². The van der Waals surface area contributed by atoms with Crippen molar-refractivity contribution in [1.82, 2.24) is 35.1 Å². The van der Waals surface area contributed by atoms with E-state index in [1.807, 2.05) is 12.1 Å². The minimum atomic E-state index is -4.15. The van der Waals surface area contributed by atoms with Crippen LogP contribution >= 0.6 is 0 Å². The minimum Gasteiger partial charge on any atom is -0.303 e. The highest BCUT2D eigenvalue weighted by Crippen LogP contribution is 2.25. The number of halogens is 3. The molecule has 0 aromatic carbocycles. The van der Waals surface area contributed by atoms with Crippen molar-refractivity contribution >= 4 is 16.6 Å². The second-order valence-corrected chi connectivity index (χ2v) is 7.84. The number of aromatic nitrogens is 6. The Hall–Kier alpha value is -2.95. The summed E-state index contributed by atoms with van der Waals surface area (Å²) < 4.78 is 38.7. The largest absolute Gasteiger partial charge is 0.390 e. The topological polar surface area (TPSA) is 89.7 Å². The first kappa shape index (κ1) is 21.3. The molecule has 1 aliphatic rings. The van der Waals surface area contributed by atoms with Gasteiger partial charge in [-0.25, -0.2) is 4.68 Å². The van der Waals surface area contributed by atoms with Crippen molar-refractivity contribution in [3.05, 3.63) is 30.2 Å². The van der Waals surface area contributed by atoms with E-state index in [1.54, 1.807) is 24.3 Å². The fourth-order valence-corrected chi connectivity index (χ4v) is 3.84. The molecule has 1 fully saturated rings. The van der Waals surface area contributed by atoms with Gasteiger partial charge in [0, 0.05) is 49.4 Å². The Morgan fingerprint density at radius 1 is 1.13 bits per heavy atom. The molecule has 3 aromatic rings. The molecule has 0 unspecified atom stereocenters. The second kappa shape index (κ2) is 8.66. The van der Waals surface area contributed by atoms with Gasteiger partial charge >= 0.3 is 6.18 Å². The molecule has 164 valence electrons. The van der Waals surface area contributed by atoms with E-state index in [9.17, 15) is 18.0 Å². The molecule has 11 heteroatoms. The molecule has 1 saturated heterocycles. The molecule has 0 N–H and O–H groups in total. The third-order valence-electron chi connectivity index (χ3n) is 5.62. The number of pyridine rings is 2. The second-order valence-electron chi connectivity index (χ2n) is 7.84. The number of carbonyl (C=O) groups is 1. The van der Waals surface area contributed by atoms with E-state index in [1.165, 1.54) is 4.68 Å². The number of Topliss-reactive ketones (excluding diaryl/α,β-unsaturated/α-hetero) is 1. The monoisotopic (exact) mass is 433 g/mol. The Morgan fingerprint density at radius 3 is 2.55 bits per heavy atom. The number of tetrazole rings is 1. The third kappa shape index (κ3) is 5.22. The lowest BCUT2D eigenvalue weighted by molar-refractivity contribution is -0.139. The van der Waals surface area contributed by atoms with Crippen molar-refractivity contribution in [2.75, 3.05) is 19.6 Å². The number of hydrogen-bond acceptors (Lipinski definition) is 7. The summed E-state index contributed by atoms with van der Waals surface area (Å²) in [6, 6.07) is 3.72. The SMILES string of the molecule is Cn1nnnc1-c1cc2cc(CC(=O)C3CCN(CCC(F)(F)F)CC3)ncc2cn1. The molecule has 0 bridgehead atoms. The molecule has 1 aliphatic heterocycles. The summed E-state index contributed by atoms with van der Waals surface area (Å²) in [5.74, 6) is 0.472. The van der Waals surface area contributed by atoms with Crippen molar-refractivity contribution in [3.8, 4) is 11.5 Å². The van der Waals surface area contributed by atoms with Crippen molar-refractivity contribution in [2.24, 2.45) is 13.0 Å². The van der Waals surface area contributed by atoms with Gasteiger partial charge in [0.2, 0.25) is 0 Å². The Labute approximate surface area is 176 Å². The van der Waals surface area contributed by atoms with Crippen molar-refractivity contribution in [2.45, 2.75) is 31.9 Å². The third-order valence-corrected chi connectivity index (χ3v) is 5.62. The number of nitrogens with zero attached hydrogens (tertiary/aromatic N) is 7. The molecule has 4 heterocycles. The minimum absolute atomic E-state index is 0.00590. The van der Waals surface area contributed by atoms with Gasteiger partial charge in [-0.05, 0) is 53.9 Å². The van der Waals surface area contributed by atoms with Gasteiger partial charge in [-0.1, -0.05) is 0 Å². The maximum Gasteiger partial charge on any atom is 0.390 e. The van der Waals surface area contributed by atoms with Crippen LogP contribution in [0.5, 0.6) is 0 Å². The highest BCUT2D eigenvalue weighted by Gasteiger charge is 2.30. The summed E-state index contributed by atoms with van der Waals surface area (Å²) in [4.78, 5) is 23.3. The van der Waals surface area contributed by atoms with Crippen LogP contribution in [-0.4, -0.2) is 66.7 Å². The van der Waals surface area contributed by atoms with Crippen LogP contribution in [0.25, 0.3) is 22.3 Å². The average Bonchev–Trinajstić information content (AvgIpc) is 3.17. The quantitative estimate of drug-likeness (QED) is 0.590. The van der Waals surface area contributed by atoms with Crippen LogP contribution in [0.3, 0.4) is 0 Å². The normalized spacial score (nSPS) is 16.1. The van der Waals surface area contributed by atoms with E-state index in [-0.39, 0.29) is 24.7 Å². The zero-order chi connectivity index (χ0) is 22.0. The van der Waals surface area contributed by atoms with Gasteiger partial charge in [0.15, 0.2) is 5.82 Å². The molecule has 0 atom stereocenters. The highest BCUT2D eigenvalue weighted by molar-refractivity contribution is 5.87. The van der Waals surface area contributed by atoms with Crippen LogP contribution in [-0.2, 0) is 18.3 Å². The number of alkyl halides is 3. The number of rotatable bonds is 6. The number of hydrogen-bond donors (Lipinski definition) is 0. The van der Waals surface area contributed by atoms with E-state index < -0.39 is 12.6 Å². The van der Waals surface area contributed by atoms with Gasteiger partial charge < -0.3 is 4.90 Å². The predicted molar refractivity (Wildman–Crippen MR) is 106 cm³/mol. The molecule has 0 amide bonds. The van der Waals surface area contributed by atoms with Crippen LogP contribution < -0.4 is 0 Å². The van der Waals surface area contributed by atoms with Crippen LogP contribution in [0, 0.1) is 5.92 Å². The number of piperidine rings is 1. The van der Waals surface area contributed by atoms with Crippen LogP contribution in [0.1, 0.15) is 25.0 Å². The lowest BCUT2D eigenvalue weighted by Gasteiger charge is -2.31. The molecule has 31 heavy (non-hydrogen) atoms. The number of fused-ring (bicyclic) bond motifs is 1. The summed E-state index contributed by atoms with van der Waals surface area (Å²) in [6.07, 6.45) is -0.222. The van der Waals surface area contributed by atoms with Crippen LogP contribution in [0.2, 0.25) is 0 Å². The van der Waals surface area contributed by atoms with E-state index >= 15 is 0 Å². The zero-order valence-electron chi connectivity index (χ0n) is 17.0. The molecule has 0 aliphatic carbocycles. The van der Waals surface area contributed by atoms with Crippen molar-refractivity contribution in [1.29, 1.82) is 0 Å². The Balaban J connectivity index is 1.39. The van der Waals surface area contributed by atoms with E-state index in [0.717, 1.165) is 10.8 Å². The first-order valence-corrected chi connectivity index (χ1v) is 10.1. The lowest BCUT2D eigenvalue weighted by atomic mass is 9.90. The fourth-order valence-electron chi connectivity index (χ4n) is 3.84.